The van der Waals surface area contributed by atoms with Crippen LogP contribution in [0.1, 0.15) is 194 Å². The van der Waals surface area contributed by atoms with E-state index < -0.39 is 13.9 Å². The van der Waals surface area contributed by atoms with E-state index in [0.29, 0.717) is 24.1 Å². The molecule has 0 aromatic heterocycles. The first-order valence-electron chi connectivity index (χ1n) is 20.8. The van der Waals surface area contributed by atoms with Crippen molar-refractivity contribution in [3.63, 3.8) is 0 Å². The number of hydrogen-bond donors (Lipinski definition) is 1. The second-order valence-corrected chi connectivity index (χ2v) is 16.8. The average Bonchev–Trinajstić information content (AvgIpc) is 3.04. The van der Waals surface area contributed by atoms with Crippen LogP contribution in [0.3, 0.4) is 0 Å². The fraction of sp³-hybridized carbons (Fsp3) is 0.975. The number of phosphoric acid groups is 1. The van der Waals surface area contributed by atoms with Crippen LogP contribution >= 0.6 is 7.82 Å². The summed E-state index contributed by atoms with van der Waals surface area (Å²) in [7, 11) is 1.68. The third kappa shape index (κ3) is 38.6. The fourth-order valence-electron chi connectivity index (χ4n) is 5.91. The Kier molecular flexibility index (Phi) is 34.2. The molecular formula is C40H83NO7P+. The predicted molar refractivity (Wildman–Crippen MR) is 206 cm³/mol. The van der Waals surface area contributed by atoms with E-state index in [9.17, 15) is 14.3 Å². The number of likely N-dealkylation sites (N-methyl/N-ethyl adjacent to an activating group) is 1. The molecule has 0 saturated carbocycles. The molecule has 0 rings (SSSR count). The third-order valence-electron chi connectivity index (χ3n) is 9.17. The molecule has 2 atom stereocenters. The summed E-state index contributed by atoms with van der Waals surface area (Å²) in [5.74, 6) is -0.316. The highest BCUT2D eigenvalue weighted by Gasteiger charge is 2.26. The quantitative estimate of drug-likeness (QED) is 0.0292. The number of rotatable bonds is 39. The van der Waals surface area contributed by atoms with Crippen LogP contribution in [-0.4, -0.2) is 75.6 Å². The van der Waals surface area contributed by atoms with Crippen LogP contribution in [0, 0.1) is 0 Å². The van der Waals surface area contributed by atoms with E-state index in [2.05, 4.69) is 13.8 Å². The zero-order chi connectivity index (χ0) is 36.3. The fourth-order valence-corrected chi connectivity index (χ4v) is 6.65. The van der Waals surface area contributed by atoms with Crippen molar-refractivity contribution in [1.29, 1.82) is 0 Å². The standard InChI is InChI=1S/C40H82NO7P/c1-6-8-10-12-14-15-16-17-18-19-20-21-22-23-24-25-26-28-30-32-35-45-37-39(38-47-49(43,44)46-36-34-41(3,4)5)48-40(42)33-31-29-27-13-11-9-7-2/h39H,6-38H2,1-5H3/p+1/t39-/m1/s1. The predicted octanol–water partition coefficient (Wildman–Crippen LogP) is 11.7. The molecule has 0 radical (unpaired) electrons. The Morgan fingerprint density at radius 3 is 1.35 bits per heavy atom. The lowest BCUT2D eigenvalue weighted by Gasteiger charge is -2.24. The summed E-state index contributed by atoms with van der Waals surface area (Å²) in [6, 6.07) is 0. The second kappa shape index (κ2) is 34.6. The maximum atomic E-state index is 12.5. The highest BCUT2D eigenvalue weighted by molar-refractivity contribution is 7.47. The average molecular weight is 721 g/mol. The number of esters is 1. The highest BCUT2D eigenvalue weighted by Crippen LogP contribution is 2.43. The molecular weight excluding hydrogens is 637 g/mol. The molecule has 1 unspecified atom stereocenters. The van der Waals surface area contributed by atoms with Gasteiger partial charge in [0.25, 0.3) is 0 Å². The van der Waals surface area contributed by atoms with E-state index in [4.69, 9.17) is 18.5 Å². The summed E-state index contributed by atoms with van der Waals surface area (Å²) in [5, 5.41) is 0. The van der Waals surface area contributed by atoms with Crippen molar-refractivity contribution in [2.24, 2.45) is 0 Å². The van der Waals surface area contributed by atoms with Crippen LogP contribution in [0.2, 0.25) is 0 Å². The zero-order valence-electron chi connectivity index (χ0n) is 33.2. The maximum absolute atomic E-state index is 12.5. The van der Waals surface area contributed by atoms with Crippen LogP contribution in [-0.2, 0) is 27.9 Å². The molecule has 0 aliphatic heterocycles. The van der Waals surface area contributed by atoms with Crippen molar-refractivity contribution in [2.75, 3.05) is 54.1 Å². The molecule has 9 heteroatoms. The Labute approximate surface area is 304 Å². The molecule has 0 saturated heterocycles. The number of carbonyl (C=O) groups is 1. The molecule has 49 heavy (non-hydrogen) atoms. The molecule has 0 fully saturated rings. The molecule has 0 amide bonds. The smallest absolute Gasteiger partial charge is 0.457 e. The van der Waals surface area contributed by atoms with Crippen molar-refractivity contribution in [3.8, 4) is 0 Å². The summed E-state index contributed by atoms with van der Waals surface area (Å²) in [5.41, 5.74) is 0. The SMILES string of the molecule is CCCCCCCCCCCCCCCCCCCCCCOC[C@H](COP(=O)(O)OCC[N+](C)(C)C)OC(=O)CCCCCCCCC. The van der Waals surface area contributed by atoms with Crippen molar-refractivity contribution >= 4 is 13.8 Å². The lowest BCUT2D eigenvalue weighted by molar-refractivity contribution is -0.870. The molecule has 0 bridgehead atoms. The van der Waals surface area contributed by atoms with Gasteiger partial charge in [0.1, 0.15) is 19.3 Å². The van der Waals surface area contributed by atoms with Gasteiger partial charge < -0.3 is 18.9 Å². The van der Waals surface area contributed by atoms with Gasteiger partial charge in [-0.3, -0.25) is 13.8 Å². The second-order valence-electron chi connectivity index (χ2n) is 15.4. The maximum Gasteiger partial charge on any atom is 0.472 e. The van der Waals surface area contributed by atoms with Gasteiger partial charge in [-0.1, -0.05) is 174 Å². The highest BCUT2D eigenvalue weighted by atomic mass is 31.2. The molecule has 0 aliphatic rings. The monoisotopic (exact) mass is 721 g/mol. The van der Waals surface area contributed by atoms with Gasteiger partial charge in [0.2, 0.25) is 0 Å². The first-order chi connectivity index (χ1) is 23.6. The van der Waals surface area contributed by atoms with Crippen LogP contribution in [0.5, 0.6) is 0 Å². The number of carbonyl (C=O) groups excluding carboxylic acids is 1. The molecule has 0 aliphatic carbocycles. The molecule has 0 heterocycles. The van der Waals surface area contributed by atoms with Crippen molar-refractivity contribution in [1.82, 2.24) is 0 Å². The van der Waals surface area contributed by atoms with Gasteiger partial charge in [0, 0.05) is 13.0 Å². The van der Waals surface area contributed by atoms with E-state index in [0.717, 1.165) is 32.1 Å². The first-order valence-corrected chi connectivity index (χ1v) is 22.3. The van der Waals surface area contributed by atoms with Crippen molar-refractivity contribution in [3.05, 3.63) is 0 Å². The van der Waals surface area contributed by atoms with Gasteiger partial charge in [-0.05, 0) is 12.8 Å². The van der Waals surface area contributed by atoms with Crippen LogP contribution < -0.4 is 0 Å². The van der Waals surface area contributed by atoms with E-state index in [1.807, 2.05) is 21.1 Å². The number of unbranched alkanes of at least 4 members (excludes halogenated alkanes) is 25. The summed E-state index contributed by atoms with van der Waals surface area (Å²) >= 11 is 0. The third-order valence-corrected chi connectivity index (χ3v) is 10.2. The van der Waals surface area contributed by atoms with Crippen LogP contribution in [0.25, 0.3) is 0 Å². The van der Waals surface area contributed by atoms with E-state index in [1.165, 1.54) is 141 Å². The van der Waals surface area contributed by atoms with Gasteiger partial charge in [0.05, 0.1) is 34.4 Å². The van der Waals surface area contributed by atoms with Gasteiger partial charge in [-0.25, -0.2) is 4.57 Å². The number of quaternary nitrogens is 1. The van der Waals surface area contributed by atoms with Gasteiger partial charge in [-0.2, -0.15) is 0 Å². The van der Waals surface area contributed by atoms with Crippen LogP contribution in [0.15, 0.2) is 0 Å². The van der Waals surface area contributed by atoms with Crippen LogP contribution in [0.4, 0.5) is 0 Å². The van der Waals surface area contributed by atoms with Gasteiger partial charge in [-0.15, -0.1) is 0 Å². The Hall–Kier alpha value is -0.500. The molecule has 0 aromatic carbocycles. The molecule has 0 spiro atoms. The van der Waals surface area contributed by atoms with E-state index in [1.54, 1.807) is 0 Å². The number of nitrogens with zero attached hydrogens (tertiary/aromatic N) is 1. The van der Waals surface area contributed by atoms with Gasteiger partial charge >= 0.3 is 13.8 Å². The lowest BCUT2D eigenvalue weighted by atomic mass is 10.0. The van der Waals surface area contributed by atoms with Crippen molar-refractivity contribution in [2.45, 2.75) is 200 Å². The Morgan fingerprint density at radius 1 is 0.551 bits per heavy atom. The minimum atomic E-state index is -4.25. The normalized spacial score (nSPS) is 13.8. The Morgan fingerprint density at radius 2 is 0.939 bits per heavy atom. The van der Waals surface area contributed by atoms with E-state index >= 15 is 0 Å². The largest absolute Gasteiger partial charge is 0.472 e. The lowest BCUT2D eigenvalue weighted by Crippen LogP contribution is -2.37. The summed E-state index contributed by atoms with van der Waals surface area (Å²) in [6.45, 7) is 5.62. The Balaban J connectivity index is 4.03. The summed E-state index contributed by atoms with van der Waals surface area (Å²) in [6.07, 6.45) is 34.4. The minimum absolute atomic E-state index is 0.0932. The molecule has 1 N–H and O–H groups in total. The number of hydrogen-bond acceptors (Lipinski definition) is 6. The molecule has 0 aromatic rings. The topological polar surface area (TPSA) is 91.3 Å². The number of ether oxygens (including phenoxy) is 2. The van der Waals surface area contributed by atoms with Crippen molar-refractivity contribution < 1.29 is 37.3 Å². The first kappa shape index (κ1) is 48.5. The van der Waals surface area contributed by atoms with Gasteiger partial charge in [0.15, 0.2) is 0 Å². The zero-order valence-corrected chi connectivity index (χ0v) is 34.1. The van der Waals surface area contributed by atoms with E-state index in [-0.39, 0.29) is 25.8 Å². The summed E-state index contributed by atoms with van der Waals surface area (Å²) < 4.78 is 34.8. The summed E-state index contributed by atoms with van der Waals surface area (Å²) in [4.78, 5) is 22.7. The number of phosphoric ester groups is 1. The minimum Gasteiger partial charge on any atom is -0.457 e. The Bertz CT molecular complexity index is 761. The molecule has 8 nitrogen and oxygen atoms in total. The molecule has 294 valence electrons.